The quantitative estimate of drug-likeness (QED) is 0.287. The van der Waals surface area contributed by atoms with E-state index in [-0.39, 0.29) is 17.1 Å². The van der Waals surface area contributed by atoms with Crippen LogP contribution in [0.5, 0.6) is 0 Å². The molecule has 178 valence electrons. The predicted molar refractivity (Wildman–Crippen MR) is 142 cm³/mol. The Labute approximate surface area is 214 Å². The molecule has 0 aliphatic heterocycles. The van der Waals surface area contributed by atoms with Crippen molar-refractivity contribution in [1.29, 1.82) is 0 Å². The Balaban J connectivity index is 1.43. The van der Waals surface area contributed by atoms with Crippen LogP contribution in [-0.4, -0.2) is 11.8 Å². The van der Waals surface area contributed by atoms with E-state index >= 15 is 0 Å². The van der Waals surface area contributed by atoms with E-state index < -0.39 is 5.91 Å². The highest BCUT2D eigenvalue weighted by molar-refractivity contribution is 6.42. The molecule has 4 aromatic rings. The molecule has 0 fully saturated rings. The number of furan rings is 1. The highest BCUT2D eigenvalue weighted by Gasteiger charge is 2.16. The van der Waals surface area contributed by atoms with Crippen LogP contribution < -0.4 is 10.6 Å². The molecular weight excluding hydrogens is 483 g/mol. The van der Waals surface area contributed by atoms with Gasteiger partial charge in [-0.2, -0.15) is 0 Å². The van der Waals surface area contributed by atoms with Crippen LogP contribution in [0.15, 0.2) is 83.3 Å². The molecule has 3 aromatic carbocycles. The van der Waals surface area contributed by atoms with Crippen LogP contribution in [0.25, 0.3) is 11.3 Å². The first-order chi connectivity index (χ1) is 16.6. The number of anilines is 2. The molecule has 0 aliphatic rings. The Kier molecular flexibility index (Phi) is 7.01. The second kappa shape index (κ2) is 9.98. The van der Waals surface area contributed by atoms with Crippen LogP contribution in [0.4, 0.5) is 11.4 Å². The zero-order valence-corrected chi connectivity index (χ0v) is 21.0. The van der Waals surface area contributed by atoms with Gasteiger partial charge in [-0.3, -0.25) is 9.59 Å². The summed E-state index contributed by atoms with van der Waals surface area (Å²) in [6, 6.07) is 22.8. The minimum Gasteiger partial charge on any atom is -0.451 e. The lowest BCUT2D eigenvalue weighted by Crippen LogP contribution is -2.15. The molecule has 2 N–H and O–H groups in total. The van der Waals surface area contributed by atoms with Gasteiger partial charge in [0.2, 0.25) is 0 Å². The highest BCUT2D eigenvalue weighted by atomic mass is 35.5. The molecule has 4 rings (SSSR count). The predicted octanol–water partition coefficient (Wildman–Crippen LogP) is 8.06. The lowest BCUT2D eigenvalue weighted by Gasteiger charge is -2.19. The Morgan fingerprint density at radius 2 is 1.40 bits per heavy atom. The van der Waals surface area contributed by atoms with Gasteiger partial charge in [0.1, 0.15) is 5.76 Å². The Morgan fingerprint density at radius 1 is 0.743 bits per heavy atom. The lowest BCUT2D eigenvalue weighted by atomic mass is 9.87. The SMILES string of the molecule is CC(C)(C)c1ccc(C(=O)Nc2cccc(NC(=O)c3ccc(-c4ccc(Cl)c(Cl)c4)o3)c2)cc1. The third kappa shape index (κ3) is 5.94. The fraction of sp³-hybridized carbons (Fsp3) is 0.143. The molecule has 0 atom stereocenters. The molecule has 1 aromatic heterocycles. The van der Waals surface area contributed by atoms with Crippen molar-refractivity contribution in [3.8, 4) is 11.3 Å². The van der Waals surface area contributed by atoms with Crippen molar-refractivity contribution in [1.82, 2.24) is 0 Å². The fourth-order valence-corrected chi connectivity index (χ4v) is 3.75. The molecule has 1 heterocycles. The summed E-state index contributed by atoms with van der Waals surface area (Å²) in [5.74, 6) is -0.0181. The van der Waals surface area contributed by atoms with Gasteiger partial charge in [-0.25, -0.2) is 0 Å². The van der Waals surface area contributed by atoms with Crippen LogP contribution in [0.1, 0.15) is 47.2 Å². The van der Waals surface area contributed by atoms with E-state index in [1.807, 2.05) is 24.3 Å². The van der Waals surface area contributed by atoms with E-state index in [1.165, 1.54) is 0 Å². The van der Waals surface area contributed by atoms with Gasteiger partial charge in [0, 0.05) is 22.5 Å². The molecule has 0 unspecified atom stereocenters. The largest absolute Gasteiger partial charge is 0.451 e. The second-order valence-electron chi connectivity index (χ2n) is 9.11. The van der Waals surface area contributed by atoms with Crippen molar-refractivity contribution in [2.75, 3.05) is 10.6 Å². The standard InChI is InChI=1S/C28H24Cl2N2O3/c1-28(2,3)19-10-7-17(8-11-19)26(33)31-20-5-4-6-21(16-20)32-27(34)25-14-13-24(35-25)18-9-12-22(29)23(30)15-18/h4-16H,1-3H3,(H,31,33)(H,32,34). The number of amides is 2. The van der Waals surface area contributed by atoms with Gasteiger partial charge in [-0.15, -0.1) is 0 Å². The van der Waals surface area contributed by atoms with Gasteiger partial charge < -0.3 is 15.1 Å². The molecule has 2 amide bonds. The monoisotopic (exact) mass is 506 g/mol. The van der Waals surface area contributed by atoms with Crippen LogP contribution in [0.2, 0.25) is 10.0 Å². The maximum atomic E-state index is 12.7. The molecule has 0 saturated carbocycles. The van der Waals surface area contributed by atoms with Gasteiger partial charge in [-0.1, -0.05) is 62.2 Å². The number of hydrogen-bond acceptors (Lipinski definition) is 3. The number of carbonyl (C=O) groups is 2. The summed E-state index contributed by atoms with van der Waals surface area (Å²) >= 11 is 12.0. The van der Waals surface area contributed by atoms with Crippen molar-refractivity contribution in [2.24, 2.45) is 0 Å². The minimum absolute atomic E-state index is 0.0121. The molecule has 0 aliphatic carbocycles. The van der Waals surface area contributed by atoms with Crippen molar-refractivity contribution in [3.05, 3.63) is 106 Å². The third-order valence-electron chi connectivity index (χ3n) is 5.43. The summed E-state index contributed by atoms with van der Waals surface area (Å²) in [5, 5.41) is 6.50. The second-order valence-corrected chi connectivity index (χ2v) is 9.92. The molecule has 5 nitrogen and oxygen atoms in total. The highest BCUT2D eigenvalue weighted by Crippen LogP contribution is 2.30. The fourth-order valence-electron chi connectivity index (χ4n) is 3.46. The summed E-state index contributed by atoms with van der Waals surface area (Å²) in [7, 11) is 0. The zero-order valence-electron chi connectivity index (χ0n) is 19.5. The molecule has 0 spiro atoms. The van der Waals surface area contributed by atoms with Crippen LogP contribution >= 0.6 is 23.2 Å². The first-order valence-corrected chi connectivity index (χ1v) is 11.7. The topological polar surface area (TPSA) is 71.3 Å². The summed E-state index contributed by atoms with van der Waals surface area (Å²) in [4.78, 5) is 25.4. The van der Waals surface area contributed by atoms with Gasteiger partial charge in [0.15, 0.2) is 5.76 Å². The van der Waals surface area contributed by atoms with Crippen LogP contribution in [0, 0.1) is 0 Å². The third-order valence-corrected chi connectivity index (χ3v) is 6.16. The molecule has 0 radical (unpaired) electrons. The number of hydrogen-bond donors (Lipinski definition) is 2. The van der Waals surface area contributed by atoms with Gasteiger partial charge in [0.25, 0.3) is 11.8 Å². The summed E-state index contributed by atoms with van der Waals surface area (Å²) in [6.45, 7) is 6.37. The first-order valence-electron chi connectivity index (χ1n) is 11.0. The van der Waals surface area contributed by atoms with Gasteiger partial charge in [-0.05, 0) is 71.6 Å². The van der Waals surface area contributed by atoms with Crippen molar-refractivity contribution >= 4 is 46.4 Å². The zero-order chi connectivity index (χ0) is 25.2. The van der Waals surface area contributed by atoms with Crippen molar-refractivity contribution in [3.63, 3.8) is 0 Å². The number of rotatable bonds is 5. The number of halogens is 2. The summed E-state index contributed by atoms with van der Waals surface area (Å²) in [5.41, 5.74) is 3.50. The van der Waals surface area contributed by atoms with Crippen LogP contribution in [-0.2, 0) is 5.41 Å². The Morgan fingerprint density at radius 3 is 2.03 bits per heavy atom. The number of benzene rings is 3. The van der Waals surface area contributed by atoms with E-state index in [4.69, 9.17) is 27.6 Å². The molecular formula is C28H24Cl2N2O3. The van der Waals surface area contributed by atoms with Crippen LogP contribution in [0.3, 0.4) is 0 Å². The van der Waals surface area contributed by atoms with E-state index in [0.717, 1.165) is 5.56 Å². The molecule has 7 heteroatoms. The minimum atomic E-state index is -0.419. The summed E-state index contributed by atoms with van der Waals surface area (Å²) in [6.07, 6.45) is 0. The Hall–Kier alpha value is -3.54. The maximum Gasteiger partial charge on any atom is 0.291 e. The van der Waals surface area contributed by atoms with Crippen molar-refractivity contribution < 1.29 is 14.0 Å². The molecule has 35 heavy (non-hydrogen) atoms. The van der Waals surface area contributed by atoms with Gasteiger partial charge in [0.05, 0.1) is 10.0 Å². The van der Waals surface area contributed by atoms with E-state index in [1.54, 1.807) is 54.6 Å². The maximum absolute atomic E-state index is 12.7. The first kappa shape index (κ1) is 24.6. The number of carbonyl (C=O) groups excluding carboxylic acids is 2. The summed E-state index contributed by atoms with van der Waals surface area (Å²) < 4.78 is 5.70. The van der Waals surface area contributed by atoms with E-state index in [0.29, 0.717) is 38.3 Å². The van der Waals surface area contributed by atoms with E-state index in [9.17, 15) is 9.59 Å². The Bertz CT molecular complexity index is 1390. The van der Waals surface area contributed by atoms with Crippen molar-refractivity contribution in [2.45, 2.75) is 26.2 Å². The molecule has 0 bridgehead atoms. The van der Waals surface area contributed by atoms with Gasteiger partial charge >= 0.3 is 0 Å². The molecule has 0 saturated heterocycles. The average Bonchev–Trinajstić information content (AvgIpc) is 3.31. The lowest BCUT2D eigenvalue weighted by molar-refractivity contribution is 0.0995. The van der Waals surface area contributed by atoms with E-state index in [2.05, 4.69) is 31.4 Å². The normalized spacial score (nSPS) is 11.2. The number of nitrogens with one attached hydrogen (secondary N) is 2. The smallest absolute Gasteiger partial charge is 0.291 e. The average molecular weight is 507 g/mol.